The van der Waals surface area contributed by atoms with Gasteiger partial charge in [0.1, 0.15) is 0 Å². The third-order valence-electron chi connectivity index (χ3n) is 5.54. The lowest BCUT2D eigenvalue weighted by Gasteiger charge is -2.26. The zero-order chi connectivity index (χ0) is 23.5. The molecule has 0 saturated heterocycles. The number of methoxy groups -OCH3 is 1. The van der Waals surface area contributed by atoms with E-state index in [2.05, 4.69) is 46.6 Å². The van der Waals surface area contributed by atoms with Crippen LogP contribution in [0.15, 0.2) is 72.8 Å². The monoisotopic (exact) mass is 482 g/mol. The molecule has 0 radical (unpaired) electrons. The molecule has 174 valence electrons. The number of aryl methyl sites for hydroxylation is 1. The summed E-state index contributed by atoms with van der Waals surface area (Å²) in [5.74, 6) is 0.667. The summed E-state index contributed by atoms with van der Waals surface area (Å²) in [6.07, 6.45) is 3.64. The Morgan fingerprint density at radius 3 is 2.33 bits per heavy atom. The Kier molecular flexibility index (Phi) is 9.85. The van der Waals surface area contributed by atoms with Crippen molar-refractivity contribution in [3.63, 3.8) is 0 Å². The molecule has 6 heteroatoms. The minimum atomic E-state index is 0.162. The highest BCUT2D eigenvalue weighted by atomic mass is 35.5. The third kappa shape index (κ3) is 8.26. The number of nitrogens with one attached hydrogen (secondary N) is 1. The molecule has 0 aliphatic carbocycles. The van der Waals surface area contributed by atoms with E-state index in [0.29, 0.717) is 5.75 Å². The molecule has 3 aromatic rings. The molecule has 0 amide bonds. The van der Waals surface area contributed by atoms with Crippen molar-refractivity contribution in [3.05, 3.63) is 94.5 Å². The number of ether oxygens (including phenoxy) is 1. The number of benzene rings is 3. The van der Waals surface area contributed by atoms with E-state index in [1.54, 1.807) is 13.2 Å². The lowest BCUT2D eigenvalue weighted by Crippen LogP contribution is -2.42. The summed E-state index contributed by atoms with van der Waals surface area (Å²) in [5, 5.41) is 14.8. The Balaban J connectivity index is 1.56. The van der Waals surface area contributed by atoms with Crippen LogP contribution in [0, 0.1) is 0 Å². The predicted octanol–water partition coefficient (Wildman–Crippen LogP) is 5.65. The molecule has 3 aromatic carbocycles. The summed E-state index contributed by atoms with van der Waals surface area (Å²) in [7, 11) is 1.57. The van der Waals surface area contributed by atoms with Gasteiger partial charge in [0.15, 0.2) is 16.6 Å². The second kappa shape index (κ2) is 13.1. The SMILES string of the molecule is COc1cc(CCCN(CCc2ccc(Cl)cc2)C(=S)NCCc2ccccc2)ccc1O. The highest BCUT2D eigenvalue weighted by molar-refractivity contribution is 7.80. The average Bonchev–Trinajstić information content (AvgIpc) is 2.83. The molecule has 0 aliphatic rings. The van der Waals surface area contributed by atoms with Gasteiger partial charge in [0.2, 0.25) is 0 Å². The van der Waals surface area contributed by atoms with E-state index in [1.807, 2.05) is 30.3 Å². The van der Waals surface area contributed by atoms with E-state index in [-0.39, 0.29) is 5.75 Å². The van der Waals surface area contributed by atoms with E-state index >= 15 is 0 Å². The molecular weight excluding hydrogens is 452 g/mol. The van der Waals surface area contributed by atoms with Gasteiger partial charge in [-0.15, -0.1) is 0 Å². The number of phenolic OH excluding ortho intramolecular Hbond substituents is 1. The number of nitrogens with zero attached hydrogens (tertiary/aromatic N) is 1. The molecule has 0 aliphatic heterocycles. The van der Waals surface area contributed by atoms with E-state index < -0.39 is 0 Å². The van der Waals surface area contributed by atoms with Crippen LogP contribution >= 0.6 is 23.8 Å². The van der Waals surface area contributed by atoms with Crippen molar-refractivity contribution >= 4 is 28.9 Å². The number of rotatable bonds is 11. The maximum Gasteiger partial charge on any atom is 0.168 e. The fraction of sp³-hybridized carbons (Fsp3) is 0.296. The van der Waals surface area contributed by atoms with Crippen LogP contribution in [-0.2, 0) is 19.3 Å². The first-order chi connectivity index (χ1) is 16.0. The Bertz CT molecular complexity index is 1010. The van der Waals surface area contributed by atoms with E-state index in [4.69, 9.17) is 28.6 Å². The smallest absolute Gasteiger partial charge is 0.168 e. The van der Waals surface area contributed by atoms with Gasteiger partial charge in [-0.3, -0.25) is 0 Å². The van der Waals surface area contributed by atoms with E-state index in [9.17, 15) is 5.11 Å². The summed E-state index contributed by atoms with van der Waals surface area (Å²) >= 11 is 11.8. The van der Waals surface area contributed by atoms with Crippen LogP contribution in [0.2, 0.25) is 5.02 Å². The fourth-order valence-corrected chi connectivity index (χ4v) is 4.06. The van der Waals surface area contributed by atoms with E-state index in [1.165, 1.54) is 11.1 Å². The largest absolute Gasteiger partial charge is 0.504 e. The van der Waals surface area contributed by atoms with Gasteiger partial charge in [-0.2, -0.15) is 0 Å². The molecule has 0 bridgehead atoms. The van der Waals surface area contributed by atoms with Crippen LogP contribution in [0.3, 0.4) is 0 Å². The van der Waals surface area contributed by atoms with Crippen molar-refractivity contribution in [1.82, 2.24) is 10.2 Å². The predicted molar refractivity (Wildman–Crippen MR) is 140 cm³/mol. The molecule has 0 atom stereocenters. The van der Waals surface area contributed by atoms with Gasteiger partial charge in [0.25, 0.3) is 0 Å². The molecule has 0 heterocycles. The van der Waals surface area contributed by atoms with Crippen molar-refractivity contribution in [1.29, 1.82) is 0 Å². The standard InChI is InChI=1S/C27H31ClN2O2S/c1-32-26-20-23(11-14-25(26)31)8-5-18-30(19-16-22-9-12-24(28)13-10-22)27(33)29-17-15-21-6-3-2-4-7-21/h2-4,6-7,9-14,20,31H,5,8,15-19H2,1H3,(H,29,33). The normalized spacial score (nSPS) is 10.6. The van der Waals surface area contributed by atoms with Crippen molar-refractivity contribution in [3.8, 4) is 11.5 Å². The fourth-order valence-electron chi connectivity index (χ4n) is 3.65. The minimum absolute atomic E-state index is 0.162. The van der Waals surface area contributed by atoms with Gasteiger partial charge < -0.3 is 20.1 Å². The molecule has 33 heavy (non-hydrogen) atoms. The number of hydrogen-bond donors (Lipinski definition) is 2. The number of hydrogen-bond acceptors (Lipinski definition) is 3. The van der Waals surface area contributed by atoms with Gasteiger partial charge in [0.05, 0.1) is 7.11 Å². The molecule has 0 spiro atoms. The first kappa shape index (κ1) is 24.9. The molecular formula is C27H31ClN2O2S. The number of halogens is 1. The van der Waals surface area contributed by atoms with Crippen LogP contribution in [0.5, 0.6) is 11.5 Å². The Morgan fingerprint density at radius 1 is 0.909 bits per heavy atom. The molecule has 4 nitrogen and oxygen atoms in total. The Morgan fingerprint density at radius 2 is 1.61 bits per heavy atom. The second-order valence-corrected chi connectivity index (χ2v) is 8.76. The van der Waals surface area contributed by atoms with Gasteiger partial charge in [-0.1, -0.05) is 60.1 Å². The van der Waals surface area contributed by atoms with Gasteiger partial charge in [-0.25, -0.2) is 0 Å². The van der Waals surface area contributed by atoms with Crippen LogP contribution in [0.25, 0.3) is 0 Å². The van der Waals surface area contributed by atoms with Crippen LogP contribution in [0.4, 0.5) is 0 Å². The van der Waals surface area contributed by atoms with Crippen LogP contribution < -0.4 is 10.1 Å². The lowest BCUT2D eigenvalue weighted by molar-refractivity contribution is 0.372. The highest BCUT2D eigenvalue weighted by Crippen LogP contribution is 2.26. The zero-order valence-electron chi connectivity index (χ0n) is 19.0. The Labute approximate surface area is 207 Å². The first-order valence-corrected chi connectivity index (χ1v) is 12.0. The Hall–Kier alpha value is -2.76. The summed E-state index contributed by atoms with van der Waals surface area (Å²) in [6.45, 7) is 2.47. The molecule has 2 N–H and O–H groups in total. The van der Waals surface area contributed by atoms with E-state index in [0.717, 1.165) is 61.0 Å². The van der Waals surface area contributed by atoms with Crippen LogP contribution in [0.1, 0.15) is 23.1 Å². The second-order valence-electron chi connectivity index (χ2n) is 7.94. The summed E-state index contributed by atoms with van der Waals surface area (Å²) in [4.78, 5) is 2.24. The third-order valence-corrected chi connectivity index (χ3v) is 6.20. The van der Waals surface area contributed by atoms with Crippen molar-refractivity contribution < 1.29 is 9.84 Å². The van der Waals surface area contributed by atoms with Gasteiger partial charge in [0, 0.05) is 24.7 Å². The molecule has 0 unspecified atom stereocenters. The average molecular weight is 483 g/mol. The summed E-state index contributed by atoms with van der Waals surface area (Å²) in [6, 6.07) is 23.9. The van der Waals surface area contributed by atoms with Gasteiger partial charge in [-0.05, 0) is 78.9 Å². The minimum Gasteiger partial charge on any atom is -0.504 e. The van der Waals surface area contributed by atoms with Crippen molar-refractivity contribution in [2.24, 2.45) is 0 Å². The number of thiocarbonyl (C=S) groups is 1. The van der Waals surface area contributed by atoms with Gasteiger partial charge >= 0.3 is 0 Å². The molecule has 0 fully saturated rings. The van der Waals surface area contributed by atoms with Crippen molar-refractivity contribution in [2.75, 3.05) is 26.7 Å². The maximum atomic E-state index is 9.81. The lowest BCUT2D eigenvalue weighted by atomic mass is 10.1. The number of phenols is 1. The summed E-state index contributed by atoms with van der Waals surface area (Å²) in [5.41, 5.74) is 3.66. The maximum absolute atomic E-state index is 9.81. The topological polar surface area (TPSA) is 44.7 Å². The molecule has 3 rings (SSSR count). The first-order valence-electron chi connectivity index (χ1n) is 11.2. The summed E-state index contributed by atoms with van der Waals surface area (Å²) < 4.78 is 5.23. The quantitative estimate of drug-likeness (QED) is 0.346. The number of aromatic hydroxyl groups is 1. The van der Waals surface area contributed by atoms with Crippen LogP contribution in [-0.4, -0.2) is 41.9 Å². The molecule has 0 saturated carbocycles. The molecule has 0 aromatic heterocycles. The zero-order valence-corrected chi connectivity index (χ0v) is 20.5. The highest BCUT2D eigenvalue weighted by Gasteiger charge is 2.11. The van der Waals surface area contributed by atoms with Crippen molar-refractivity contribution in [2.45, 2.75) is 25.7 Å².